The van der Waals surface area contributed by atoms with E-state index >= 15 is 0 Å². The van der Waals surface area contributed by atoms with Crippen LogP contribution >= 0.6 is 0 Å². The number of carbonyl (C=O) groups excluding carboxylic acids is 2. The number of hydrogen-bond acceptors (Lipinski definition) is 6. The number of anilines is 1. The topological polar surface area (TPSA) is 78.9 Å². The lowest BCUT2D eigenvalue weighted by atomic mass is 9.83. The molecule has 0 aromatic carbocycles. The van der Waals surface area contributed by atoms with Crippen molar-refractivity contribution in [2.75, 3.05) is 37.6 Å². The molecule has 156 valence electrons. The lowest BCUT2D eigenvalue weighted by Gasteiger charge is -2.45. The number of piperidine rings is 1. The first kappa shape index (κ1) is 18.8. The highest BCUT2D eigenvalue weighted by atomic mass is 19.1. The maximum absolute atomic E-state index is 13.2. The summed E-state index contributed by atoms with van der Waals surface area (Å²) in [6.07, 6.45) is 3.76. The Balaban J connectivity index is 1.32. The van der Waals surface area contributed by atoms with Gasteiger partial charge in [0.15, 0.2) is 0 Å². The van der Waals surface area contributed by atoms with Gasteiger partial charge in [-0.25, -0.2) is 14.2 Å². The number of carbonyl (C=O) groups is 2. The van der Waals surface area contributed by atoms with Gasteiger partial charge in [0.05, 0.1) is 12.2 Å². The van der Waals surface area contributed by atoms with E-state index in [-0.39, 0.29) is 23.9 Å². The fourth-order valence-electron chi connectivity index (χ4n) is 4.69. The second-order valence-electron chi connectivity index (χ2n) is 7.93. The van der Waals surface area contributed by atoms with Gasteiger partial charge in [0, 0.05) is 51.8 Å². The third-order valence-corrected chi connectivity index (χ3v) is 6.33. The quantitative estimate of drug-likeness (QED) is 0.752. The van der Waals surface area contributed by atoms with Gasteiger partial charge in [0.2, 0.25) is 0 Å². The molecule has 1 unspecified atom stereocenters. The van der Waals surface area contributed by atoms with E-state index in [1.807, 2.05) is 0 Å². The Bertz CT molecular complexity index is 947. The standard InChI is InChI=1S/C21H22FN5O3/c22-15-4-5-18(24-13-15)25-9-6-21(7-10-25)17-14-26(11-12-27(17)20(29)30-21)19(28)16-3-1-2-8-23-16/h1-5,8,13,17H,6-7,9-12,14H2. The SMILES string of the molecule is O=C(c1ccccn1)N1CCN2C(=O)OC3(CCN(c4ccc(F)cn4)CC3)C2C1. The van der Waals surface area contributed by atoms with E-state index in [4.69, 9.17) is 4.74 Å². The number of piperazine rings is 1. The van der Waals surface area contributed by atoms with E-state index in [1.165, 1.54) is 12.3 Å². The Labute approximate surface area is 173 Å². The van der Waals surface area contributed by atoms with Gasteiger partial charge in [0.25, 0.3) is 5.91 Å². The molecule has 9 heteroatoms. The summed E-state index contributed by atoms with van der Waals surface area (Å²) in [6.45, 7) is 2.63. The zero-order valence-corrected chi connectivity index (χ0v) is 16.4. The zero-order valence-electron chi connectivity index (χ0n) is 16.4. The molecule has 0 bridgehead atoms. The first-order valence-corrected chi connectivity index (χ1v) is 10.1. The van der Waals surface area contributed by atoms with Crippen LogP contribution in [0.3, 0.4) is 0 Å². The van der Waals surface area contributed by atoms with Crippen LogP contribution in [0.4, 0.5) is 15.0 Å². The molecule has 30 heavy (non-hydrogen) atoms. The van der Waals surface area contributed by atoms with Crippen molar-refractivity contribution in [2.24, 2.45) is 0 Å². The fourth-order valence-corrected chi connectivity index (χ4v) is 4.69. The van der Waals surface area contributed by atoms with Crippen molar-refractivity contribution >= 4 is 17.8 Å². The van der Waals surface area contributed by atoms with Crippen LogP contribution in [0.15, 0.2) is 42.7 Å². The molecule has 1 atom stereocenters. The van der Waals surface area contributed by atoms with E-state index in [0.29, 0.717) is 57.1 Å². The number of halogens is 1. The number of hydrogen-bond donors (Lipinski definition) is 0. The maximum atomic E-state index is 13.2. The number of pyridine rings is 2. The van der Waals surface area contributed by atoms with Gasteiger partial charge < -0.3 is 14.5 Å². The summed E-state index contributed by atoms with van der Waals surface area (Å²) in [5.41, 5.74) is -0.223. The highest BCUT2D eigenvalue weighted by molar-refractivity contribution is 5.92. The largest absolute Gasteiger partial charge is 0.440 e. The summed E-state index contributed by atoms with van der Waals surface area (Å²) in [5, 5.41) is 0. The molecular formula is C21H22FN5O3. The van der Waals surface area contributed by atoms with Crippen molar-refractivity contribution in [2.45, 2.75) is 24.5 Å². The number of amides is 2. The van der Waals surface area contributed by atoms with Crippen LogP contribution in [-0.4, -0.2) is 76.1 Å². The molecule has 3 aliphatic rings. The monoisotopic (exact) mass is 411 g/mol. The molecule has 8 nitrogen and oxygen atoms in total. The van der Waals surface area contributed by atoms with E-state index in [9.17, 15) is 14.0 Å². The Hall–Kier alpha value is -3.23. The number of aromatic nitrogens is 2. The Morgan fingerprint density at radius 3 is 2.63 bits per heavy atom. The molecule has 3 aliphatic heterocycles. The molecule has 3 fully saturated rings. The van der Waals surface area contributed by atoms with E-state index in [2.05, 4.69) is 14.9 Å². The number of ether oxygens (including phenoxy) is 1. The van der Waals surface area contributed by atoms with Crippen LogP contribution in [0.2, 0.25) is 0 Å². The van der Waals surface area contributed by atoms with E-state index in [1.54, 1.807) is 40.3 Å². The lowest BCUT2D eigenvalue weighted by Crippen LogP contribution is -2.61. The number of fused-ring (bicyclic) bond motifs is 2. The van der Waals surface area contributed by atoms with Crippen LogP contribution in [0, 0.1) is 5.82 Å². The molecule has 0 radical (unpaired) electrons. The second kappa shape index (κ2) is 7.23. The van der Waals surface area contributed by atoms with Crippen LogP contribution < -0.4 is 4.90 Å². The molecule has 0 N–H and O–H groups in total. The minimum atomic E-state index is -0.628. The number of nitrogens with zero attached hydrogens (tertiary/aromatic N) is 5. The summed E-state index contributed by atoms with van der Waals surface area (Å²) in [4.78, 5) is 39.3. The first-order valence-electron chi connectivity index (χ1n) is 10.1. The highest BCUT2D eigenvalue weighted by Crippen LogP contribution is 2.41. The lowest BCUT2D eigenvalue weighted by molar-refractivity contribution is -0.00330. The minimum Gasteiger partial charge on any atom is -0.440 e. The predicted octanol–water partition coefficient (Wildman–Crippen LogP) is 1.93. The van der Waals surface area contributed by atoms with Gasteiger partial charge in [-0.3, -0.25) is 14.7 Å². The molecule has 5 heterocycles. The average molecular weight is 411 g/mol. The summed E-state index contributed by atoms with van der Waals surface area (Å²) >= 11 is 0. The molecule has 0 aliphatic carbocycles. The van der Waals surface area contributed by atoms with Crippen molar-refractivity contribution in [1.29, 1.82) is 0 Å². The molecule has 5 rings (SSSR count). The van der Waals surface area contributed by atoms with Gasteiger partial charge in [-0.1, -0.05) is 6.07 Å². The molecule has 0 saturated carbocycles. The maximum Gasteiger partial charge on any atom is 0.410 e. The third kappa shape index (κ3) is 3.14. The van der Waals surface area contributed by atoms with Gasteiger partial charge in [-0.2, -0.15) is 0 Å². The molecule has 1 spiro atoms. The second-order valence-corrected chi connectivity index (χ2v) is 7.93. The average Bonchev–Trinajstić information content (AvgIpc) is 3.06. The van der Waals surface area contributed by atoms with Crippen molar-refractivity contribution in [1.82, 2.24) is 19.8 Å². The van der Waals surface area contributed by atoms with Gasteiger partial charge >= 0.3 is 6.09 Å². The molecular weight excluding hydrogens is 389 g/mol. The Morgan fingerprint density at radius 2 is 1.93 bits per heavy atom. The summed E-state index contributed by atoms with van der Waals surface area (Å²) in [6, 6.07) is 8.14. The van der Waals surface area contributed by atoms with Gasteiger partial charge in [-0.05, 0) is 24.3 Å². The van der Waals surface area contributed by atoms with E-state index < -0.39 is 5.60 Å². The summed E-state index contributed by atoms with van der Waals surface area (Å²) in [5.74, 6) is 0.216. The van der Waals surface area contributed by atoms with Crippen molar-refractivity contribution in [3.63, 3.8) is 0 Å². The van der Waals surface area contributed by atoms with Crippen molar-refractivity contribution < 1.29 is 18.7 Å². The molecule has 2 aromatic heterocycles. The van der Waals surface area contributed by atoms with Gasteiger partial charge in [0.1, 0.15) is 22.9 Å². The first-order chi connectivity index (χ1) is 14.6. The van der Waals surface area contributed by atoms with Crippen molar-refractivity contribution in [3.8, 4) is 0 Å². The van der Waals surface area contributed by atoms with Crippen LogP contribution in [0.25, 0.3) is 0 Å². The smallest absolute Gasteiger partial charge is 0.410 e. The number of rotatable bonds is 2. The van der Waals surface area contributed by atoms with Crippen LogP contribution in [0.5, 0.6) is 0 Å². The zero-order chi connectivity index (χ0) is 20.7. The molecule has 2 amide bonds. The van der Waals surface area contributed by atoms with Crippen molar-refractivity contribution in [3.05, 3.63) is 54.2 Å². The third-order valence-electron chi connectivity index (χ3n) is 6.33. The van der Waals surface area contributed by atoms with Gasteiger partial charge in [-0.15, -0.1) is 0 Å². The van der Waals surface area contributed by atoms with Crippen LogP contribution in [0.1, 0.15) is 23.3 Å². The summed E-state index contributed by atoms with van der Waals surface area (Å²) < 4.78 is 19.1. The van der Waals surface area contributed by atoms with E-state index in [0.717, 1.165) is 0 Å². The normalized spacial score (nSPS) is 22.8. The molecule has 3 saturated heterocycles. The minimum absolute atomic E-state index is 0.127. The Morgan fingerprint density at radius 1 is 1.10 bits per heavy atom. The van der Waals surface area contributed by atoms with Crippen LogP contribution in [-0.2, 0) is 4.74 Å². The highest BCUT2D eigenvalue weighted by Gasteiger charge is 2.57. The fraction of sp³-hybridized carbons (Fsp3) is 0.429. The Kier molecular flexibility index (Phi) is 4.52. The predicted molar refractivity (Wildman–Crippen MR) is 105 cm³/mol. The summed E-state index contributed by atoms with van der Waals surface area (Å²) in [7, 11) is 0. The molecule has 2 aromatic rings.